The summed E-state index contributed by atoms with van der Waals surface area (Å²) in [6, 6.07) is 7.02. The molecule has 0 radical (unpaired) electrons. The maximum Gasteiger partial charge on any atom is 0.124 e. The molecule has 1 unspecified atom stereocenters. The van der Waals surface area contributed by atoms with Crippen LogP contribution in [0.1, 0.15) is 28.4 Å². The fourth-order valence-electron chi connectivity index (χ4n) is 2.23. The molecular formula is C15H13F2IO. The van der Waals surface area contributed by atoms with Crippen molar-refractivity contribution in [2.45, 2.75) is 20.0 Å². The van der Waals surface area contributed by atoms with E-state index in [1.807, 2.05) is 22.6 Å². The highest BCUT2D eigenvalue weighted by molar-refractivity contribution is 14.1. The van der Waals surface area contributed by atoms with Gasteiger partial charge in [0.1, 0.15) is 17.7 Å². The van der Waals surface area contributed by atoms with E-state index in [0.717, 1.165) is 0 Å². The maximum atomic E-state index is 13.3. The van der Waals surface area contributed by atoms with Crippen molar-refractivity contribution in [2.75, 3.05) is 0 Å². The normalized spacial score (nSPS) is 12.5. The van der Waals surface area contributed by atoms with Gasteiger partial charge in [0.25, 0.3) is 0 Å². The Balaban J connectivity index is 2.53. The van der Waals surface area contributed by atoms with Crippen molar-refractivity contribution in [3.05, 3.63) is 67.8 Å². The molecular weight excluding hydrogens is 361 g/mol. The van der Waals surface area contributed by atoms with Gasteiger partial charge in [-0.1, -0.05) is 6.07 Å². The fraction of sp³-hybridized carbons (Fsp3) is 0.200. The van der Waals surface area contributed by atoms with Gasteiger partial charge in [0, 0.05) is 3.57 Å². The molecule has 0 amide bonds. The monoisotopic (exact) mass is 374 g/mol. The van der Waals surface area contributed by atoms with Crippen LogP contribution in [0.5, 0.6) is 0 Å². The predicted molar refractivity (Wildman–Crippen MR) is 79.1 cm³/mol. The molecule has 0 saturated heterocycles. The Bertz CT molecular complexity index is 603. The van der Waals surface area contributed by atoms with Gasteiger partial charge >= 0.3 is 0 Å². The molecule has 19 heavy (non-hydrogen) atoms. The Morgan fingerprint density at radius 3 is 2.11 bits per heavy atom. The second-order valence-corrected chi connectivity index (χ2v) is 5.68. The van der Waals surface area contributed by atoms with Gasteiger partial charge in [0.2, 0.25) is 0 Å². The Kier molecular flexibility index (Phi) is 4.20. The third kappa shape index (κ3) is 2.95. The molecule has 0 aliphatic rings. The van der Waals surface area contributed by atoms with E-state index in [4.69, 9.17) is 0 Å². The molecule has 2 aromatic rings. The molecule has 0 saturated carbocycles. The molecule has 0 fully saturated rings. The van der Waals surface area contributed by atoms with Gasteiger partial charge in [-0.25, -0.2) is 8.78 Å². The number of hydrogen-bond donors (Lipinski definition) is 1. The first-order valence-corrected chi connectivity index (χ1v) is 6.87. The van der Waals surface area contributed by atoms with E-state index in [9.17, 15) is 13.9 Å². The van der Waals surface area contributed by atoms with Gasteiger partial charge in [0.05, 0.1) is 0 Å². The molecule has 2 aromatic carbocycles. The van der Waals surface area contributed by atoms with Crippen LogP contribution in [0, 0.1) is 29.1 Å². The van der Waals surface area contributed by atoms with Gasteiger partial charge in [-0.15, -0.1) is 0 Å². The molecule has 100 valence electrons. The molecule has 0 aliphatic carbocycles. The van der Waals surface area contributed by atoms with Crippen molar-refractivity contribution in [1.82, 2.24) is 0 Å². The van der Waals surface area contributed by atoms with Gasteiger partial charge in [-0.05, 0) is 83.0 Å². The third-order valence-corrected chi connectivity index (χ3v) is 4.02. The van der Waals surface area contributed by atoms with Crippen molar-refractivity contribution < 1.29 is 13.9 Å². The Morgan fingerprint density at radius 2 is 1.58 bits per heavy atom. The maximum absolute atomic E-state index is 13.3. The number of aliphatic hydroxyl groups is 1. The van der Waals surface area contributed by atoms with Crippen molar-refractivity contribution in [2.24, 2.45) is 0 Å². The van der Waals surface area contributed by atoms with Gasteiger partial charge in [-0.2, -0.15) is 0 Å². The molecule has 0 aromatic heterocycles. The van der Waals surface area contributed by atoms with Crippen LogP contribution in [0.2, 0.25) is 0 Å². The summed E-state index contributed by atoms with van der Waals surface area (Å²) in [6.07, 6.45) is -0.881. The van der Waals surface area contributed by atoms with Gasteiger partial charge < -0.3 is 5.11 Å². The van der Waals surface area contributed by atoms with Gasteiger partial charge in [-0.3, -0.25) is 0 Å². The SMILES string of the molecule is Cc1cc(F)cc(C)c1C(O)c1ccc(F)cc1I. The first-order chi connectivity index (χ1) is 8.90. The van der Waals surface area contributed by atoms with Crippen LogP contribution in [0.3, 0.4) is 0 Å². The predicted octanol–water partition coefficient (Wildman–Crippen LogP) is 4.27. The van der Waals surface area contributed by atoms with Crippen molar-refractivity contribution in [3.8, 4) is 0 Å². The molecule has 1 atom stereocenters. The minimum atomic E-state index is -0.881. The Morgan fingerprint density at radius 1 is 1.00 bits per heavy atom. The number of rotatable bonds is 2. The molecule has 4 heteroatoms. The minimum absolute atomic E-state index is 0.320. The summed E-state index contributed by atoms with van der Waals surface area (Å²) in [7, 11) is 0. The number of aliphatic hydroxyl groups excluding tert-OH is 1. The number of hydrogen-bond acceptors (Lipinski definition) is 1. The van der Waals surface area contributed by atoms with Crippen LogP contribution in [0.4, 0.5) is 8.78 Å². The fourth-order valence-corrected chi connectivity index (χ4v) is 3.00. The standard InChI is InChI=1S/C15H13F2IO/c1-8-5-11(17)6-9(2)14(8)15(19)12-4-3-10(16)7-13(12)18/h3-7,15,19H,1-2H3. The average Bonchev–Trinajstić information content (AvgIpc) is 2.26. The minimum Gasteiger partial charge on any atom is -0.384 e. The molecule has 0 bridgehead atoms. The highest BCUT2D eigenvalue weighted by atomic mass is 127. The first kappa shape index (κ1) is 14.4. The summed E-state index contributed by atoms with van der Waals surface area (Å²) in [5.74, 6) is -0.660. The van der Waals surface area contributed by atoms with E-state index in [1.165, 1.54) is 24.3 Å². The van der Waals surface area contributed by atoms with Gasteiger partial charge in [0.15, 0.2) is 0 Å². The van der Waals surface area contributed by atoms with Crippen molar-refractivity contribution in [1.29, 1.82) is 0 Å². The lowest BCUT2D eigenvalue weighted by atomic mass is 9.93. The third-order valence-electron chi connectivity index (χ3n) is 3.09. The van der Waals surface area contributed by atoms with E-state index in [-0.39, 0.29) is 11.6 Å². The van der Waals surface area contributed by atoms with E-state index < -0.39 is 6.10 Å². The van der Waals surface area contributed by atoms with Crippen LogP contribution in [-0.4, -0.2) is 5.11 Å². The summed E-state index contributed by atoms with van der Waals surface area (Å²) in [5.41, 5.74) is 2.67. The van der Waals surface area contributed by atoms with Crippen molar-refractivity contribution >= 4 is 22.6 Å². The molecule has 2 rings (SSSR count). The largest absolute Gasteiger partial charge is 0.384 e. The molecule has 1 N–H and O–H groups in total. The zero-order valence-electron chi connectivity index (χ0n) is 10.5. The zero-order chi connectivity index (χ0) is 14.2. The van der Waals surface area contributed by atoms with E-state index >= 15 is 0 Å². The summed E-state index contributed by atoms with van der Waals surface area (Å²) in [4.78, 5) is 0. The summed E-state index contributed by atoms with van der Waals surface area (Å²) >= 11 is 1.98. The topological polar surface area (TPSA) is 20.2 Å². The smallest absolute Gasteiger partial charge is 0.124 e. The lowest BCUT2D eigenvalue weighted by Crippen LogP contribution is -2.07. The molecule has 0 aliphatic heterocycles. The second-order valence-electron chi connectivity index (χ2n) is 4.52. The summed E-state index contributed by atoms with van der Waals surface area (Å²) in [5, 5.41) is 10.5. The van der Waals surface area contributed by atoms with Crippen LogP contribution in [0.15, 0.2) is 30.3 Å². The first-order valence-electron chi connectivity index (χ1n) is 5.80. The van der Waals surface area contributed by atoms with E-state index in [2.05, 4.69) is 0 Å². The Hall–Kier alpha value is -1.01. The highest BCUT2D eigenvalue weighted by Gasteiger charge is 2.18. The zero-order valence-corrected chi connectivity index (χ0v) is 12.7. The lowest BCUT2D eigenvalue weighted by Gasteiger charge is -2.18. The second kappa shape index (κ2) is 5.54. The summed E-state index contributed by atoms with van der Waals surface area (Å²) < 4.78 is 27.0. The average molecular weight is 374 g/mol. The number of halogens is 3. The Labute approximate surface area is 124 Å². The molecule has 0 spiro atoms. The molecule has 1 nitrogen and oxygen atoms in total. The van der Waals surface area contributed by atoms with E-state index in [0.29, 0.717) is 25.8 Å². The van der Waals surface area contributed by atoms with Crippen LogP contribution >= 0.6 is 22.6 Å². The van der Waals surface area contributed by atoms with Crippen LogP contribution in [-0.2, 0) is 0 Å². The number of aryl methyl sites for hydroxylation is 2. The summed E-state index contributed by atoms with van der Waals surface area (Å²) in [6.45, 7) is 3.51. The molecule has 0 heterocycles. The van der Waals surface area contributed by atoms with Crippen LogP contribution < -0.4 is 0 Å². The quantitative estimate of drug-likeness (QED) is 0.779. The lowest BCUT2D eigenvalue weighted by molar-refractivity contribution is 0.217. The number of benzene rings is 2. The van der Waals surface area contributed by atoms with E-state index in [1.54, 1.807) is 19.9 Å². The van der Waals surface area contributed by atoms with Crippen LogP contribution in [0.25, 0.3) is 0 Å². The van der Waals surface area contributed by atoms with Crippen molar-refractivity contribution in [3.63, 3.8) is 0 Å². The highest BCUT2D eigenvalue weighted by Crippen LogP contribution is 2.31.